The van der Waals surface area contributed by atoms with Crippen LogP contribution in [0.1, 0.15) is 17.7 Å². The Bertz CT molecular complexity index is 615. The summed E-state index contributed by atoms with van der Waals surface area (Å²) in [6.45, 7) is 1.34. The molecule has 2 saturated heterocycles. The van der Waals surface area contributed by atoms with E-state index in [9.17, 15) is 9.59 Å². The molecule has 3 amide bonds. The van der Waals surface area contributed by atoms with Gasteiger partial charge in [0, 0.05) is 12.7 Å². The van der Waals surface area contributed by atoms with Crippen LogP contribution in [0.25, 0.3) is 0 Å². The maximum atomic E-state index is 12.4. The van der Waals surface area contributed by atoms with Gasteiger partial charge in [0.2, 0.25) is 0 Å². The summed E-state index contributed by atoms with van der Waals surface area (Å²) in [5, 5.41) is 14.7. The van der Waals surface area contributed by atoms with Crippen molar-refractivity contribution in [2.75, 3.05) is 13.1 Å². The predicted molar refractivity (Wildman–Crippen MR) is 68.3 cm³/mol. The Kier molecular flexibility index (Phi) is 2.88. The molecule has 0 radical (unpaired) electrons. The topological polar surface area (TPSA) is 98.1 Å². The number of aromatic nitrogens is 1. The second-order valence-corrected chi connectivity index (χ2v) is 4.99. The van der Waals surface area contributed by atoms with Crippen LogP contribution in [0, 0.1) is 11.3 Å². The third-order valence-corrected chi connectivity index (χ3v) is 3.68. The highest BCUT2D eigenvalue weighted by atomic mass is 16.2. The zero-order valence-electron chi connectivity index (χ0n) is 10.7. The van der Waals surface area contributed by atoms with E-state index in [-0.39, 0.29) is 24.2 Å². The molecule has 7 heteroatoms. The predicted octanol–water partition coefficient (Wildman–Crippen LogP) is -0.263. The van der Waals surface area contributed by atoms with Crippen LogP contribution >= 0.6 is 0 Å². The largest absolute Gasteiger partial charge is 0.325 e. The molecule has 3 rings (SSSR count). The lowest BCUT2D eigenvalue weighted by atomic mass is 9.99. The second kappa shape index (κ2) is 4.58. The number of carbonyl (C=O) groups is 2. The lowest BCUT2D eigenvalue weighted by molar-refractivity contribution is -0.131. The van der Waals surface area contributed by atoms with Crippen molar-refractivity contribution < 1.29 is 9.59 Å². The minimum atomic E-state index is -0.790. The molecule has 0 aliphatic carbocycles. The SMILES string of the molecule is N#Cc1cc(CN2C(=O)NC3(CCNC3)C2=O)ccn1. The molecule has 1 unspecified atom stereocenters. The minimum Gasteiger partial charge on any atom is -0.322 e. The summed E-state index contributed by atoms with van der Waals surface area (Å²) < 4.78 is 0. The van der Waals surface area contributed by atoms with Crippen molar-refractivity contribution in [1.82, 2.24) is 20.5 Å². The Hall–Kier alpha value is -2.46. The van der Waals surface area contributed by atoms with Crippen molar-refractivity contribution in [1.29, 1.82) is 5.26 Å². The molecule has 20 heavy (non-hydrogen) atoms. The van der Waals surface area contributed by atoms with E-state index < -0.39 is 5.54 Å². The lowest BCUT2D eigenvalue weighted by Crippen LogP contribution is -2.48. The highest BCUT2D eigenvalue weighted by Gasteiger charge is 2.52. The molecule has 1 aromatic heterocycles. The fraction of sp³-hybridized carbons (Fsp3) is 0.385. The van der Waals surface area contributed by atoms with Crippen molar-refractivity contribution in [3.63, 3.8) is 0 Å². The van der Waals surface area contributed by atoms with E-state index in [1.54, 1.807) is 12.1 Å². The highest BCUT2D eigenvalue weighted by Crippen LogP contribution is 2.25. The Morgan fingerprint density at radius 3 is 3.05 bits per heavy atom. The monoisotopic (exact) mass is 271 g/mol. The molecule has 3 heterocycles. The van der Waals surface area contributed by atoms with Crippen LogP contribution in [-0.2, 0) is 11.3 Å². The van der Waals surface area contributed by atoms with Crippen LogP contribution in [0.3, 0.4) is 0 Å². The van der Waals surface area contributed by atoms with Crippen LogP contribution in [0.15, 0.2) is 18.3 Å². The Balaban J connectivity index is 1.82. The number of carbonyl (C=O) groups excluding carboxylic acids is 2. The number of urea groups is 1. The third-order valence-electron chi connectivity index (χ3n) is 3.68. The first-order valence-electron chi connectivity index (χ1n) is 6.34. The second-order valence-electron chi connectivity index (χ2n) is 4.99. The molecule has 0 saturated carbocycles. The first-order chi connectivity index (χ1) is 9.64. The van der Waals surface area contributed by atoms with Gasteiger partial charge in [-0.15, -0.1) is 0 Å². The number of hydrogen-bond acceptors (Lipinski definition) is 5. The number of nitrogens with one attached hydrogen (secondary N) is 2. The number of pyridine rings is 1. The number of hydrogen-bond donors (Lipinski definition) is 2. The van der Waals surface area contributed by atoms with E-state index in [1.807, 2.05) is 6.07 Å². The molecule has 0 bridgehead atoms. The van der Waals surface area contributed by atoms with Gasteiger partial charge >= 0.3 is 6.03 Å². The molecule has 2 aliphatic heterocycles. The van der Waals surface area contributed by atoms with Crippen LogP contribution in [0.5, 0.6) is 0 Å². The lowest BCUT2D eigenvalue weighted by Gasteiger charge is -2.19. The third kappa shape index (κ3) is 1.90. The zero-order valence-corrected chi connectivity index (χ0v) is 10.7. The van der Waals surface area contributed by atoms with Gasteiger partial charge < -0.3 is 10.6 Å². The summed E-state index contributed by atoms with van der Waals surface area (Å²) in [4.78, 5) is 29.5. The van der Waals surface area contributed by atoms with Crippen LogP contribution in [-0.4, -0.2) is 40.5 Å². The van der Waals surface area contributed by atoms with Crippen molar-refractivity contribution >= 4 is 11.9 Å². The van der Waals surface area contributed by atoms with Crippen molar-refractivity contribution in [2.24, 2.45) is 0 Å². The summed E-state index contributed by atoms with van der Waals surface area (Å²) in [5.41, 5.74) is 0.192. The standard InChI is InChI=1S/C13H13N5O2/c14-6-10-5-9(1-3-16-10)7-18-11(19)13(17-12(18)20)2-4-15-8-13/h1,3,5,15H,2,4,7-8H2,(H,17,20). The molecular weight excluding hydrogens is 258 g/mol. The molecule has 7 nitrogen and oxygen atoms in total. The number of imide groups is 1. The summed E-state index contributed by atoms with van der Waals surface area (Å²) in [5.74, 6) is -0.206. The van der Waals surface area contributed by atoms with Gasteiger partial charge in [-0.3, -0.25) is 9.69 Å². The zero-order chi connectivity index (χ0) is 14.2. The molecule has 1 aromatic rings. The molecule has 2 fully saturated rings. The smallest absolute Gasteiger partial charge is 0.322 e. The quantitative estimate of drug-likeness (QED) is 0.722. The number of amides is 3. The fourth-order valence-electron chi connectivity index (χ4n) is 2.62. The average Bonchev–Trinajstić information content (AvgIpc) is 3.01. The molecule has 2 aliphatic rings. The molecule has 2 N–H and O–H groups in total. The highest BCUT2D eigenvalue weighted by molar-refractivity contribution is 6.07. The maximum Gasteiger partial charge on any atom is 0.325 e. The van der Waals surface area contributed by atoms with Crippen molar-refractivity contribution in [3.05, 3.63) is 29.6 Å². The number of rotatable bonds is 2. The molecular formula is C13H13N5O2. The van der Waals surface area contributed by atoms with Gasteiger partial charge in [0.25, 0.3) is 5.91 Å². The molecule has 1 spiro atoms. The molecule has 1 atom stereocenters. The van der Waals surface area contributed by atoms with Gasteiger partial charge in [-0.25, -0.2) is 9.78 Å². The van der Waals surface area contributed by atoms with Gasteiger partial charge in [-0.2, -0.15) is 5.26 Å². The first kappa shape index (κ1) is 12.6. The van der Waals surface area contributed by atoms with Gasteiger partial charge in [-0.1, -0.05) is 0 Å². The summed E-state index contributed by atoms with van der Waals surface area (Å²) >= 11 is 0. The van der Waals surface area contributed by atoms with E-state index >= 15 is 0 Å². The van der Waals surface area contributed by atoms with Gasteiger partial charge in [-0.05, 0) is 30.7 Å². The van der Waals surface area contributed by atoms with Gasteiger partial charge in [0.05, 0.1) is 6.54 Å². The van der Waals surface area contributed by atoms with E-state index in [4.69, 9.17) is 5.26 Å². The normalized spacial score (nSPS) is 25.1. The van der Waals surface area contributed by atoms with E-state index in [0.717, 1.165) is 0 Å². The van der Waals surface area contributed by atoms with E-state index in [0.29, 0.717) is 25.1 Å². The number of nitrogens with zero attached hydrogens (tertiary/aromatic N) is 3. The van der Waals surface area contributed by atoms with E-state index in [1.165, 1.54) is 11.1 Å². The molecule has 0 aromatic carbocycles. The Morgan fingerprint density at radius 2 is 2.35 bits per heavy atom. The Labute approximate surface area is 115 Å². The maximum absolute atomic E-state index is 12.4. The van der Waals surface area contributed by atoms with Crippen LogP contribution < -0.4 is 10.6 Å². The van der Waals surface area contributed by atoms with Crippen LogP contribution in [0.2, 0.25) is 0 Å². The van der Waals surface area contributed by atoms with E-state index in [2.05, 4.69) is 15.6 Å². The summed E-state index contributed by atoms with van der Waals surface area (Å²) in [6, 6.07) is 4.83. The van der Waals surface area contributed by atoms with Gasteiger partial charge in [0.15, 0.2) is 0 Å². The number of nitriles is 1. The molecule has 102 valence electrons. The first-order valence-corrected chi connectivity index (χ1v) is 6.34. The Morgan fingerprint density at radius 1 is 1.50 bits per heavy atom. The minimum absolute atomic E-state index is 0.156. The van der Waals surface area contributed by atoms with Crippen LogP contribution in [0.4, 0.5) is 4.79 Å². The fourth-order valence-corrected chi connectivity index (χ4v) is 2.62. The summed E-state index contributed by atoms with van der Waals surface area (Å²) in [6.07, 6.45) is 2.10. The average molecular weight is 271 g/mol. The summed E-state index contributed by atoms with van der Waals surface area (Å²) in [7, 11) is 0. The van der Waals surface area contributed by atoms with Gasteiger partial charge in [0.1, 0.15) is 17.3 Å². The van der Waals surface area contributed by atoms with Crippen molar-refractivity contribution in [2.45, 2.75) is 18.5 Å². The van der Waals surface area contributed by atoms with Crippen molar-refractivity contribution in [3.8, 4) is 6.07 Å².